The number of imide groups is 1. The van der Waals surface area contributed by atoms with E-state index in [4.69, 9.17) is 16.3 Å². The summed E-state index contributed by atoms with van der Waals surface area (Å²) in [6, 6.07) is 8.85. The number of hydrogen-bond acceptors (Lipinski definition) is 4. The Morgan fingerprint density at radius 2 is 1.69 bits per heavy atom. The highest BCUT2D eigenvalue weighted by Crippen LogP contribution is 2.36. The van der Waals surface area contributed by atoms with Gasteiger partial charge in [0.15, 0.2) is 0 Å². The predicted octanol–water partition coefficient (Wildman–Crippen LogP) is 3.09. The van der Waals surface area contributed by atoms with Gasteiger partial charge in [0.05, 0.1) is 12.8 Å². The third kappa shape index (κ3) is 3.58. The van der Waals surface area contributed by atoms with E-state index in [-0.39, 0.29) is 16.3 Å². The highest BCUT2D eigenvalue weighted by molar-refractivity contribution is 6.30. The third-order valence-electron chi connectivity index (χ3n) is 4.18. The molecule has 0 spiro atoms. The van der Waals surface area contributed by atoms with Gasteiger partial charge in [-0.05, 0) is 48.5 Å². The molecule has 0 aromatic heterocycles. The van der Waals surface area contributed by atoms with Gasteiger partial charge in [-0.1, -0.05) is 11.6 Å². The zero-order valence-corrected chi connectivity index (χ0v) is 15.5. The number of hydrogen-bond donors (Lipinski definition) is 2. The maximum absolute atomic E-state index is 13.9. The number of carbonyl (C=O) groups is 3. The lowest BCUT2D eigenvalue weighted by Crippen LogP contribution is -2.69. The van der Waals surface area contributed by atoms with Crippen LogP contribution in [-0.4, -0.2) is 36.8 Å². The number of rotatable bonds is 4. The lowest BCUT2D eigenvalue weighted by Gasteiger charge is -2.29. The minimum Gasteiger partial charge on any atom is -0.497 e. The van der Waals surface area contributed by atoms with E-state index in [0.29, 0.717) is 10.6 Å². The van der Waals surface area contributed by atoms with Crippen LogP contribution in [0.25, 0.3) is 0 Å². The van der Waals surface area contributed by atoms with Crippen molar-refractivity contribution in [1.29, 1.82) is 0 Å². The van der Waals surface area contributed by atoms with Gasteiger partial charge in [0.25, 0.3) is 17.5 Å². The Kier molecular flexibility index (Phi) is 5.14. The molecule has 0 aliphatic carbocycles. The van der Waals surface area contributed by atoms with Crippen molar-refractivity contribution in [3.8, 4) is 5.75 Å². The summed E-state index contributed by atoms with van der Waals surface area (Å²) in [5, 5.41) is 3.45. The minimum absolute atomic E-state index is 0.125. The lowest BCUT2D eigenvalue weighted by atomic mass is 10.1. The average molecular weight is 428 g/mol. The molecule has 1 aliphatic heterocycles. The van der Waals surface area contributed by atoms with Crippen molar-refractivity contribution in [2.45, 2.75) is 11.8 Å². The minimum atomic E-state index is -5.32. The third-order valence-corrected chi connectivity index (χ3v) is 4.44. The highest BCUT2D eigenvalue weighted by Gasteiger charge is 2.69. The second-order valence-corrected chi connectivity index (χ2v) is 6.41. The molecule has 11 heteroatoms. The van der Waals surface area contributed by atoms with E-state index in [0.717, 1.165) is 0 Å². The number of carbonyl (C=O) groups excluding carboxylic acids is 3. The molecule has 1 fully saturated rings. The number of nitrogens with zero attached hydrogens (tertiary/aromatic N) is 1. The lowest BCUT2D eigenvalue weighted by molar-refractivity contribution is -0.197. The number of urea groups is 1. The summed E-state index contributed by atoms with van der Waals surface area (Å²) in [6.07, 6.45) is -5.32. The molecule has 2 aromatic rings. The monoisotopic (exact) mass is 427 g/mol. The van der Waals surface area contributed by atoms with Gasteiger partial charge >= 0.3 is 12.2 Å². The topological polar surface area (TPSA) is 87.7 Å². The van der Waals surface area contributed by atoms with Crippen LogP contribution in [0.4, 0.5) is 23.7 Å². The molecule has 1 saturated heterocycles. The number of anilines is 1. The standard InChI is InChI=1S/C18H13ClF3N3O4/c1-29-13-8-6-12(7-9-13)25-15(27)17(18(20,21)22,24-16(25)28)23-14(26)10-2-4-11(19)5-3-10/h2-9H,1H3,(H,23,26)(H,24,28)/t17-/m0/s1. The SMILES string of the molecule is COc1ccc(N2C(=O)N[C@](NC(=O)c3ccc(Cl)cc3)(C(F)(F)F)C2=O)cc1. The van der Waals surface area contributed by atoms with Crippen LogP contribution in [-0.2, 0) is 4.79 Å². The van der Waals surface area contributed by atoms with Crippen LogP contribution in [0.15, 0.2) is 48.5 Å². The summed E-state index contributed by atoms with van der Waals surface area (Å²) in [5.41, 5.74) is -3.93. The van der Waals surface area contributed by atoms with E-state index in [1.807, 2.05) is 0 Å². The first kappa shape index (κ1) is 20.5. The molecule has 1 atom stereocenters. The molecule has 0 radical (unpaired) electrons. The van der Waals surface area contributed by atoms with E-state index >= 15 is 0 Å². The van der Waals surface area contributed by atoms with Gasteiger partial charge < -0.3 is 10.1 Å². The Hall–Kier alpha value is -3.27. The van der Waals surface area contributed by atoms with Crippen LogP contribution >= 0.6 is 11.6 Å². The van der Waals surface area contributed by atoms with Crippen LogP contribution in [0.3, 0.4) is 0 Å². The van der Waals surface area contributed by atoms with Crippen LogP contribution < -0.4 is 20.3 Å². The van der Waals surface area contributed by atoms with Gasteiger partial charge in [-0.2, -0.15) is 13.2 Å². The average Bonchev–Trinajstić information content (AvgIpc) is 2.93. The number of amides is 4. The maximum Gasteiger partial charge on any atom is 0.440 e. The van der Waals surface area contributed by atoms with Crippen molar-refractivity contribution in [3.63, 3.8) is 0 Å². The Balaban J connectivity index is 1.97. The molecule has 29 heavy (non-hydrogen) atoms. The van der Waals surface area contributed by atoms with Gasteiger partial charge in [0, 0.05) is 10.6 Å². The Morgan fingerprint density at radius 3 is 2.21 bits per heavy atom. The van der Waals surface area contributed by atoms with Crippen molar-refractivity contribution in [2.75, 3.05) is 12.0 Å². The molecule has 2 N–H and O–H groups in total. The van der Waals surface area contributed by atoms with E-state index in [1.165, 1.54) is 55.6 Å². The molecule has 152 valence electrons. The maximum atomic E-state index is 13.9. The molecule has 3 rings (SSSR count). The molecular formula is C18H13ClF3N3O4. The number of alkyl halides is 3. The van der Waals surface area contributed by atoms with Crippen molar-refractivity contribution < 1.29 is 32.3 Å². The first-order valence-electron chi connectivity index (χ1n) is 8.04. The molecule has 0 unspecified atom stereocenters. The molecule has 1 heterocycles. The molecule has 1 aliphatic rings. The Bertz CT molecular complexity index is 964. The first-order valence-corrected chi connectivity index (χ1v) is 8.42. The fourth-order valence-corrected chi connectivity index (χ4v) is 2.81. The fraction of sp³-hybridized carbons (Fsp3) is 0.167. The van der Waals surface area contributed by atoms with Gasteiger partial charge in [-0.3, -0.25) is 14.9 Å². The smallest absolute Gasteiger partial charge is 0.440 e. The summed E-state index contributed by atoms with van der Waals surface area (Å²) in [7, 11) is 1.38. The fourth-order valence-electron chi connectivity index (χ4n) is 2.69. The van der Waals surface area contributed by atoms with Crippen LogP contribution in [0.1, 0.15) is 10.4 Å². The summed E-state index contributed by atoms with van der Waals surface area (Å²) in [6.45, 7) is 0. The number of nitrogens with one attached hydrogen (secondary N) is 2. The Morgan fingerprint density at radius 1 is 1.10 bits per heavy atom. The molecule has 2 aromatic carbocycles. The second-order valence-electron chi connectivity index (χ2n) is 5.98. The Labute approximate surface area is 167 Å². The summed E-state index contributed by atoms with van der Waals surface area (Å²) >= 11 is 5.70. The second kappa shape index (κ2) is 7.28. The van der Waals surface area contributed by atoms with Crippen molar-refractivity contribution in [1.82, 2.24) is 10.6 Å². The van der Waals surface area contributed by atoms with E-state index in [2.05, 4.69) is 0 Å². The number of methoxy groups -OCH3 is 1. The number of halogens is 4. The molecule has 7 nitrogen and oxygen atoms in total. The molecule has 4 amide bonds. The van der Waals surface area contributed by atoms with Gasteiger partial charge in [0.1, 0.15) is 5.75 Å². The normalized spacial score (nSPS) is 19.1. The summed E-state index contributed by atoms with van der Waals surface area (Å²) < 4.78 is 46.5. The zero-order chi connectivity index (χ0) is 21.4. The highest BCUT2D eigenvalue weighted by atomic mass is 35.5. The summed E-state index contributed by atoms with van der Waals surface area (Å²) in [5.74, 6) is -2.54. The van der Waals surface area contributed by atoms with Crippen molar-refractivity contribution in [3.05, 3.63) is 59.1 Å². The van der Waals surface area contributed by atoms with Gasteiger partial charge in [0.2, 0.25) is 0 Å². The molecular weight excluding hydrogens is 415 g/mol. The van der Waals surface area contributed by atoms with Crippen molar-refractivity contribution >= 4 is 35.1 Å². The van der Waals surface area contributed by atoms with E-state index in [9.17, 15) is 27.6 Å². The number of benzene rings is 2. The zero-order valence-electron chi connectivity index (χ0n) is 14.7. The predicted molar refractivity (Wildman–Crippen MR) is 96.7 cm³/mol. The number of ether oxygens (including phenoxy) is 1. The van der Waals surface area contributed by atoms with Gasteiger partial charge in [-0.25, -0.2) is 9.69 Å². The van der Waals surface area contributed by atoms with Crippen LogP contribution in [0.5, 0.6) is 5.75 Å². The van der Waals surface area contributed by atoms with E-state index in [1.54, 1.807) is 10.6 Å². The van der Waals surface area contributed by atoms with Crippen LogP contribution in [0.2, 0.25) is 5.02 Å². The van der Waals surface area contributed by atoms with Crippen molar-refractivity contribution in [2.24, 2.45) is 0 Å². The van der Waals surface area contributed by atoms with E-state index < -0.39 is 29.7 Å². The quantitative estimate of drug-likeness (QED) is 0.734. The van der Waals surface area contributed by atoms with Crippen LogP contribution in [0, 0.1) is 0 Å². The molecule has 0 bridgehead atoms. The molecule has 0 saturated carbocycles. The summed E-state index contributed by atoms with van der Waals surface area (Å²) in [4.78, 5) is 37.6. The first-order chi connectivity index (χ1) is 13.6. The largest absolute Gasteiger partial charge is 0.497 e. The van der Waals surface area contributed by atoms with Gasteiger partial charge in [-0.15, -0.1) is 0 Å².